The van der Waals surface area contributed by atoms with E-state index >= 15 is 0 Å². The first kappa shape index (κ1) is 11.2. The fraction of sp³-hybridized carbons (Fsp3) is 0.375. The second kappa shape index (κ2) is 4.70. The summed E-state index contributed by atoms with van der Waals surface area (Å²) in [6.07, 6.45) is 2.91. The van der Waals surface area contributed by atoms with Crippen molar-refractivity contribution in [3.8, 4) is 5.95 Å². The summed E-state index contributed by atoms with van der Waals surface area (Å²) in [5, 5.41) is 3.95. The summed E-state index contributed by atoms with van der Waals surface area (Å²) in [7, 11) is 1.88. The average molecular weight is 235 g/mol. The Bertz CT molecular complexity index is 480. The zero-order chi connectivity index (χ0) is 12.3. The summed E-state index contributed by atoms with van der Waals surface area (Å²) in [5.74, 6) is 6.47. The summed E-state index contributed by atoms with van der Waals surface area (Å²) in [4.78, 5) is 18.2. The van der Waals surface area contributed by atoms with Gasteiger partial charge in [-0.2, -0.15) is 24.7 Å². The van der Waals surface area contributed by atoms with E-state index in [1.54, 1.807) is 0 Å². The number of hydrogen-bond acceptors (Lipinski definition) is 8. The quantitative estimate of drug-likeness (QED) is 0.523. The van der Waals surface area contributed by atoms with Gasteiger partial charge in [0.25, 0.3) is 5.95 Å². The van der Waals surface area contributed by atoms with Gasteiger partial charge in [0, 0.05) is 13.6 Å². The molecule has 9 heteroatoms. The lowest BCUT2D eigenvalue weighted by molar-refractivity contribution is 0.779. The van der Waals surface area contributed by atoms with Crippen molar-refractivity contribution in [2.45, 2.75) is 6.92 Å². The standard InChI is InChI=1S/C8H13N9/c1-3-16(2)7-12-6(15-9)13-8(14-7)17-5-10-4-11-17/h4-5H,3,9H2,1-2H3,(H,12,13,14,15). The first-order valence-corrected chi connectivity index (χ1v) is 5.03. The first-order chi connectivity index (χ1) is 8.24. The normalized spacial score (nSPS) is 10.3. The molecule has 0 atom stereocenters. The fourth-order valence-electron chi connectivity index (χ4n) is 1.14. The molecule has 17 heavy (non-hydrogen) atoms. The fourth-order valence-corrected chi connectivity index (χ4v) is 1.14. The first-order valence-electron chi connectivity index (χ1n) is 5.03. The molecule has 0 aliphatic heterocycles. The lowest BCUT2D eigenvalue weighted by atomic mass is 10.6. The maximum Gasteiger partial charge on any atom is 0.258 e. The van der Waals surface area contributed by atoms with Gasteiger partial charge in [-0.3, -0.25) is 5.43 Å². The molecule has 90 valence electrons. The van der Waals surface area contributed by atoms with E-state index in [2.05, 4.69) is 30.5 Å². The molecule has 0 aliphatic rings. The minimum Gasteiger partial charge on any atom is -0.344 e. The molecular formula is C8H13N9. The van der Waals surface area contributed by atoms with Gasteiger partial charge in [-0.05, 0) is 6.92 Å². The molecule has 0 amide bonds. The van der Waals surface area contributed by atoms with Crippen LogP contribution < -0.4 is 16.2 Å². The minimum absolute atomic E-state index is 0.279. The van der Waals surface area contributed by atoms with Crippen molar-refractivity contribution < 1.29 is 0 Å². The van der Waals surface area contributed by atoms with Gasteiger partial charge in [-0.1, -0.05) is 0 Å². The van der Waals surface area contributed by atoms with Crippen LogP contribution in [-0.2, 0) is 0 Å². The van der Waals surface area contributed by atoms with Crippen molar-refractivity contribution in [3.05, 3.63) is 12.7 Å². The summed E-state index contributed by atoms with van der Waals surface area (Å²) in [6.45, 7) is 2.76. The number of hydrazine groups is 1. The van der Waals surface area contributed by atoms with E-state index in [-0.39, 0.29) is 5.95 Å². The van der Waals surface area contributed by atoms with Crippen molar-refractivity contribution in [1.29, 1.82) is 0 Å². The van der Waals surface area contributed by atoms with Crippen LogP contribution in [0.3, 0.4) is 0 Å². The predicted octanol–water partition coefficient (Wildman–Crippen LogP) is -0.806. The molecule has 2 rings (SSSR count). The zero-order valence-corrected chi connectivity index (χ0v) is 9.57. The number of nitrogen functional groups attached to an aromatic ring is 1. The van der Waals surface area contributed by atoms with Crippen LogP contribution in [0.15, 0.2) is 12.7 Å². The second-order valence-corrected chi connectivity index (χ2v) is 3.26. The maximum absolute atomic E-state index is 5.32. The predicted molar refractivity (Wildman–Crippen MR) is 61.5 cm³/mol. The number of nitrogens with zero attached hydrogens (tertiary/aromatic N) is 7. The maximum atomic E-state index is 5.32. The van der Waals surface area contributed by atoms with E-state index in [0.717, 1.165) is 6.54 Å². The highest BCUT2D eigenvalue weighted by Gasteiger charge is 2.10. The number of hydrogen-bond donors (Lipinski definition) is 2. The molecule has 0 aromatic carbocycles. The third kappa shape index (κ3) is 2.28. The molecule has 0 bridgehead atoms. The Hall–Kier alpha value is -2.29. The molecule has 0 fully saturated rings. The number of nitrogens with two attached hydrogens (primary N) is 1. The largest absolute Gasteiger partial charge is 0.344 e. The summed E-state index contributed by atoms with van der Waals surface area (Å²) >= 11 is 0. The van der Waals surface area contributed by atoms with Crippen LogP contribution >= 0.6 is 0 Å². The van der Waals surface area contributed by atoms with Gasteiger partial charge < -0.3 is 4.90 Å². The molecule has 0 radical (unpaired) electrons. The topological polar surface area (TPSA) is 111 Å². The van der Waals surface area contributed by atoms with Crippen molar-refractivity contribution in [2.75, 3.05) is 23.9 Å². The highest BCUT2D eigenvalue weighted by Crippen LogP contribution is 2.10. The molecule has 0 unspecified atom stereocenters. The lowest BCUT2D eigenvalue weighted by Gasteiger charge is -2.15. The lowest BCUT2D eigenvalue weighted by Crippen LogP contribution is -2.22. The Balaban J connectivity index is 2.46. The van der Waals surface area contributed by atoms with Crippen molar-refractivity contribution in [2.24, 2.45) is 5.84 Å². The number of anilines is 2. The van der Waals surface area contributed by atoms with Crippen molar-refractivity contribution >= 4 is 11.9 Å². The Morgan fingerprint density at radius 2 is 2.24 bits per heavy atom. The van der Waals surface area contributed by atoms with Gasteiger partial charge in [0.15, 0.2) is 0 Å². The van der Waals surface area contributed by atoms with Crippen LogP contribution in [0.4, 0.5) is 11.9 Å². The van der Waals surface area contributed by atoms with Gasteiger partial charge >= 0.3 is 0 Å². The third-order valence-electron chi connectivity index (χ3n) is 2.18. The third-order valence-corrected chi connectivity index (χ3v) is 2.18. The number of rotatable bonds is 4. The summed E-state index contributed by atoms with van der Waals surface area (Å²) < 4.78 is 1.44. The molecule has 3 N–H and O–H groups in total. The van der Waals surface area contributed by atoms with Crippen LogP contribution in [0.2, 0.25) is 0 Å². The van der Waals surface area contributed by atoms with Crippen molar-refractivity contribution in [1.82, 2.24) is 29.7 Å². The molecular weight excluding hydrogens is 222 g/mol. The van der Waals surface area contributed by atoms with Crippen LogP contribution in [0, 0.1) is 0 Å². The van der Waals surface area contributed by atoms with Crippen LogP contribution in [-0.4, -0.2) is 43.3 Å². The Labute approximate surface area is 97.7 Å². The molecule has 0 aliphatic carbocycles. The summed E-state index contributed by atoms with van der Waals surface area (Å²) in [5.41, 5.74) is 2.40. The van der Waals surface area contributed by atoms with Gasteiger partial charge in [-0.25, -0.2) is 10.8 Å². The Morgan fingerprint density at radius 3 is 2.82 bits per heavy atom. The number of nitrogens with one attached hydrogen (secondary N) is 1. The molecule has 0 saturated carbocycles. The Morgan fingerprint density at radius 1 is 1.41 bits per heavy atom. The Kier molecular flexibility index (Phi) is 3.10. The molecule has 9 nitrogen and oxygen atoms in total. The molecule has 2 aromatic rings. The molecule has 2 aromatic heterocycles. The zero-order valence-electron chi connectivity index (χ0n) is 9.57. The van der Waals surface area contributed by atoms with E-state index in [1.807, 2.05) is 18.9 Å². The van der Waals surface area contributed by atoms with Gasteiger partial charge in [0.2, 0.25) is 11.9 Å². The van der Waals surface area contributed by atoms with E-state index < -0.39 is 0 Å². The van der Waals surface area contributed by atoms with Gasteiger partial charge in [0.1, 0.15) is 12.7 Å². The van der Waals surface area contributed by atoms with E-state index in [0.29, 0.717) is 11.9 Å². The van der Waals surface area contributed by atoms with Gasteiger partial charge in [-0.15, -0.1) is 0 Å². The van der Waals surface area contributed by atoms with Crippen LogP contribution in [0.5, 0.6) is 0 Å². The van der Waals surface area contributed by atoms with E-state index in [4.69, 9.17) is 5.84 Å². The van der Waals surface area contributed by atoms with E-state index in [9.17, 15) is 0 Å². The van der Waals surface area contributed by atoms with Crippen LogP contribution in [0.25, 0.3) is 5.95 Å². The smallest absolute Gasteiger partial charge is 0.258 e. The molecule has 2 heterocycles. The highest BCUT2D eigenvalue weighted by atomic mass is 15.4. The summed E-state index contributed by atoms with van der Waals surface area (Å²) in [6, 6.07) is 0. The highest BCUT2D eigenvalue weighted by molar-refractivity contribution is 5.38. The molecule has 0 saturated heterocycles. The SMILES string of the molecule is CCN(C)c1nc(NN)nc(-n2cncn2)n1. The van der Waals surface area contributed by atoms with Crippen LogP contribution in [0.1, 0.15) is 6.92 Å². The second-order valence-electron chi connectivity index (χ2n) is 3.26. The van der Waals surface area contributed by atoms with Crippen molar-refractivity contribution in [3.63, 3.8) is 0 Å². The minimum atomic E-state index is 0.279. The number of aromatic nitrogens is 6. The van der Waals surface area contributed by atoms with E-state index in [1.165, 1.54) is 17.3 Å². The monoisotopic (exact) mass is 235 g/mol. The molecule has 0 spiro atoms. The average Bonchev–Trinajstić information content (AvgIpc) is 2.91. The van der Waals surface area contributed by atoms with Gasteiger partial charge in [0.05, 0.1) is 0 Å².